The second-order valence-electron chi connectivity index (χ2n) is 7.42. The van der Waals surface area contributed by atoms with Crippen LogP contribution in [0, 0.1) is 0 Å². The Kier molecular flexibility index (Phi) is 4.74. The maximum Gasteiger partial charge on any atom is 0.253 e. The molecule has 7 heteroatoms. The summed E-state index contributed by atoms with van der Waals surface area (Å²) in [5.41, 5.74) is 1.69. The van der Waals surface area contributed by atoms with E-state index in [4.69, 9.17) is 4.74 Å². The molecular weight excluding hydrogens is 330 g/mol. The van der Waals surface area contributed by atoms with Crippen molar-refractivity contribution in [1.82, 2.24) is 25.0 Å². The molecule has 1 N–H and O–H groups in total. The smallest absolute Gasteiger partial charge is 0.253 e. The highest BCUT2D eigenvalue weighted by Gasteiger charge is 2.43. The van der Waals surface area contributed by atoms with Gasteiger partial charge in [-0.15, -0.1) is 0 Å². The lowest BCUT2D eigenvalue weighted by molar-refractivity contribution is -0.0793. The first-order chi connectivity index (χ1) is 12.6. The van der Waals surface area contributed by atoms with Crippen molar-refractivity contribution in [2.75, 3.05) is 19.7 Å². The van der Waals surface area contributed by atoms with Gasteiger partial charge < -0.3 is 10.1 Å². The third kappa shape index (κ3) is 3.78. The fraction of sp³-hybridized carbons (Fsp3) is 0.526. The van der Waals surface area contributed by atoms with E-state index >= 15 is 0 Å². The van der Waals surface area contributed by atoms with Crippen LogP contribution in [0.2, 0.25) is 0 Å². The third-order valence-corrected chi connectivity index (χ3v) is 5.31. The zero-order valence-corrected chi connectivity index (χ0v) is 15.1. The molecule has 0 aromatic carbocycles. The Morgan fingerprint density at radius 1 is 1.46 bits per heavy atom. The van der Waals surface area contributed by atoms with Crippen LogP contribution in [0.5, 0.6) is 0 Å². The molecule has 26 heavy (non-hydrogen) atoms. The highest BCUT2D eigenvalue weighted by atomic mass is 16.5. The van der Waals surface area contributed by atoms with Gasteiger partial charge >= 0.3 is 0 Å². The summed E-state index contributed by atoms with van der Waals surface area (Å²) in [6.45, 7) is 3.50. The van der Waals surface area contributed by atoms with Crippen molar-refractivity contribution >= 4 is 5.91 Å². The second kappa shape index (κ2) is 7.17. The number of aryl methyl sites for hydroxylation is 1. The van der Waals surface area contributed by atoms with E-state index in [2.05, 4.69) is 26.5 Å². The molecule has 4 rings (SSSR count). The molecule has 1 amide bonds. The van der Waals surface area contributed by atoms with Gasteiger partial charge in [0.1, 0.15) is 0 Å². The quantitative estimate of drug-likeness (QED) is 0.897. The van der Waals surface area contributed by atoms with Gasteiger partial charge in [0.05, 0.1) is 17.4 Å². The molecule has 2 aliphatic heterocycles. The first-order valence-electron chi connectivity index (χ1n) is 9.17. The van der Waals surface area contributed by atoms with Crippen molar-refractivity contribution in [3.8, 4) is 0 Å². The molecule has 2 saturated heterocycles. The third-order valence-electron chi connectivity index (χ3n) is 5.31. The summed E-state index contributed by atoms with van der Waals surface area (Å²) in [5.74, 6) is -0.0506. The van der Waals surface area contributed by atoms with Gasteiger partial charge in [-0.25, -0.2) is 0 Å². The molecule has 2 aromatic rings. The first-order valence-corrected chi connectivity index (χ1v) is 9.17. The first kappa shape index (κ1) is 17.2. The van der Waals surface area contributed by atoms with E-state index in [9.17, 15) is 4.79 Å². The maximum absolute atomic E-state index is 12.4. The number of likely N-dealkylation sites (tertiary alicyclic amines) is 1. The molecule has 7 nitrogen and oxygen atoms in total. The van der Waals surface area contributed by atoms with E-state index in [1.165, 1.54) is 5.56 Å². The molecule has 0 radical (unpaired) electrons. The number of amides is 1. The van der Waals surface area contributed by atoms with Crippen molar-refractivity contribution in [3.05, 3.63) is 48.0 Å². The van der Waals surface area contributed by atoms with Crippen LogP contribution in [-0.2, 0) is 18.3 Å². The Balaban J connectivity index is 1.35. The van der Waals surface area contributed by atoms with Gasteiger partial charge in [-0.1, -0.05) is 0 Å². The summed E-state index contributed by atoms with van der Waals surface area (Å²) < 4.78 is 8.03. The predicted molar refractivity (Wildman–Crippen MR) is 96.5 cm³/mol. The molecule has 1 spiro atoms. The Morgan fingerprint density at radius 2 is 2.38 bits per heavy atom. The monoisotopic (exact) mass is 355 g/mol. The topological polar surface area (TPSA) is 72.3 Å². The molecular formula is C19H25N5O2. The summed E-state index contributed by atoms with van der Waals surface area (Å²) in [5, 5.41) is 7.41. The lowest BCUT2D eigenvalue weighted by Gasteiger charge is -2.38. The number of carbonyl (C=O) groups excluding carboxylic acids is 1. The molecule has 2 atom stereocenters. The average molecular weight is 355 g/mol. The molecule has 2 fully saturated rings. The van der Waals surface area contributed by atoms with Crippen LogP contribution < -0.4 is 5.32 Å². The summed E-state index contributed by atoms with van der Waals surface area (Å²) in [7, 11) is 1.94. The summed E-state index contributed by atoms with van der Waals surface area (Å²) in [4.78, 5) is 18.9. The van der Waals surface area contributed by atoms with Crippen LogP contribution >= 0.6 is 0 Å². The molecule has 0 unspecified atom stereocenters. The number of ether oxygens (including phenoxy) is 1. The average Bonchev–Trinajstić information content (AvgIpc) is 3.22. The number of hydrogen-bond donors (Lipinski definition) is 1. The van der Waals surface area contributed by atoms with Gasteiger partial charge in [-0.2, -0.15) is 5.10 Å². The lowest BCUT2D eigenvalue weighted by atomic mass is 9.89. The summed E-state index contributed by atoms with van der Waals surface area (Å²) in [6, 6.07) is 3.73. The summed E-state index contributed by atoms with van der Waals surface area (Å²) in [6.07, 6.45) is 9.99. The Labute approximate surface area is 153 Å². The molecule has 0 bridgehead atoms. The van der Waals surface area contributed by atoms with E-state index in [-0.39, 0.29) is 17.6 Å². The van der Waals surface area contributed by atoms with Crippen LogP contribution in [0.3, 0.4) is 0 Å². The van der Waals surface area contributed by atoms with Gasteiger partial charge in [0.15, 0.2) is 0 Å². The molecule has 0 saturated carbocycles. The minimum atomic E-state index is -0.145. The highest BCUT2D eigenvalue weighted by Crippen LogP contribution is 2.35. The van der Waals surface area contributed by atoms with E-state index < -0.39 is 0 Å². The molecule has 2 aromatic heterocycles. The number of nitrogens with one attached hydrogen (secondary N) is 1. The number of rotatable bonds is 4. The van der Waals surface area contributed by atoms with E-state index in [1.54, 1.807) is 24.5 Å². The van der Waals surface area contributed by atoms with Gasteiger partial charge in [0.2, 0.25) is 0 Å². The Hall–Kier alpha value is -2.25. The molecule has 4 heterocycles. The number of pyridine rings is 1. The fourth-order valence-electron chi connectivity index (χ4n) is 4.08. The number of carbonyl (C=O) groups is 1. The fourth-order valence-corrected chi connectivity index (χ4v) is 4.08. The van der Waals surface area contributed by atoms with Crippen LogP contribution in [0.15, 0.2) is 36.9 Å². The van der Waals surface area contributed by atoms with Gasteiger partial charge in [0, 0.05) is 63.5 Å². The SMILES string of the molecule is Cn1cc(CN2CC[C@]3(C[C@@H](NC(=O)c4cccnc4)CCO3)C2)cn1. The van der Waals surface area contributed by atoms with Crippen molar-refractivity contribution in [3.63, 3.8) is 0 Å². The second-order valence-corrected chi connectivity index (χ2v) is 7.42. The lowest BCUT2D eigenvalue weighted by Crippen LogP contribution is -2.49. The van der Waals surface area contributed by atoms with Gasteiger partial charge in [-0.3, -0.25) is 19.4 Å². The Morgan fingerprint density at radius 3 is 3.15 bits per heavy atom. The standard InChI is InChI=1S/C19H25N5O2/c1-23-12-15(10-21-23)13-24-7-5-19(14-24)9-17(4-8-26-19)22-18(25)16-3-2-6-20-11-16/h2-3,6,10-12,17H,4-5,7-9,13-14H2,1H3,(H,22,25)/t17-,19-/m0/s1. The van der Waals surface area contributed by atoms with Crippen molar-refractivity contribution < 1.29 is 9.53 Å². The van der Waals surface area contributed by atoms with Gasteiger partial charge in [-0.05, 0) is 31.4 Å². The zero-order valence-electron chi connectivity index (χ0n) is 15.1. The number of hydrogen-bond acceptors (Lipinski definition) is 5. The molecule has 138 valence electrons. The number of nitrogens with zero attached hydrogens (tertiary/aromatic N) is 4. The van der Waals surface area contributed by atoms with E-state index in [0.29, 0.717) is 12.2 Å². The zero-order chi connectivity index (χ0) is 18.0. The summed E-state index contributed by atoms with van der Waals surface area (Å²) >= 11 is 0. The van der Waals surface area contributed by atoms with Gasteiger partial charge in [0.25, 0.3) is 5.91 Å². The van der Waals surface area contributed by atoms with E-state index in [1.807, 2.05) is 17.9 Å². The van der Waals surface area contributed by atoms with E-state index in [0.717, 1.165) is 38.9 Å². The molecule has 2 aliphatic rings. The van der Waals surface area contributed by atoms with Crippen LogP contribution in [-0.4, -0.2) is 56.9 Å². The van der Waals surface area contributed by atoms with Crippen LogP contribution in [0.4, 0.5) is 0 Å². The highest BCUT2D eigenvalue weighted by molar-refractivity contribution is 5.94. The number of aromatic nitrogens is 3. The molecule has 0 aliphatic carbocycles. The Bertz CT molecular complexity index is 762. The van der Waals surface area contributed by atoms with Crippen LogP contribution in [0.1, 0.15) is 35.2 Å². The van der Waals surface area contributed by atoms with Crippen molar-refractivity contribution in [2.45, 2.75) is 37.5 Å². The maximum atomic E-state index is 12.4. The van der Waals surface area contributed by atoms with Crippen molar-refractivity contribution in [2.24, 2.45) is 7.05 Å². The van der Waals surface area contributed by atoms with Crippen LogP contribution in [0.25, 0.3) is 0 Å². The van der Waals surface area contributed by atoms with Crippen molar-refractivity contribution in [1.29, 1.82) is 0 Å². The normalized spacial score (nSPS) is 26.3. The minimum Gasteiger partial charge on any atom is -0.373 e. The largest absolute Gasteiger partial charge is 0.373 e. The predicted octanol–water partition coefficient (Wildman–Crippen LogP) is 1.37. The minimum absolute atomic E-state index is 0.0506.